The van der Waals surface area contributed by atoms with Crippen molar-refractivity contribution in [2.24, 2.45) is 5.92 Å². The van der Waals surface area contributed by atoms with Crippen LogP contribution in [-0.2, 0) is 4.79 Å². The van der Waals surface area contributed by atoms with E-state index in [1.54, 1.807) is 48.2 Å². The third kappa shape index (κ3) is 4.43. The number of anilines is 1. The third-order valence-corrected chi connectivity index (χ3v) is 4.08. The van der Waals surface area contributed by atoms with E-state index in [0.717, 1.165) is 16.3 Å². The minimum Gasteiger partial charge on any atom is -0.325 e. The van der Waals surface area contributed by atoms with E-state index in [0.29, 0.717) is 5.69 Å². The summed E-state index contributed by atoms with van der Waals surface area (Å²) in [5.74, 6) is -1.72. The summed E-state index contributed by atoms with van der Waals surface area (Å²) in [6.07, 6.45) is 1.41. The summed E-state index contributed by atoms with van der Waals surface area (Å²) < 4.78 is 0. The maximum absolute atomic E-state index is 12.4. The lowest BCUT2D eigenvalue weighted by Crippen LogP contribution is -2.28. The van der Waals surface area contributed by atoms with Gasteiger partial charge in [0.1, 0.15) is 0 Å². The molecule has 122 valence electrons. The number of aryl methyl sites for hydroxylation is 1. The SMILES string of the molecule is CCSc1ccc(C(=O)C(C#N)C(=O)Nc2cccc(C)c2)cn1. The van der Waals surface area contributed by atoms with Gasteiger partial charge in [0.05, 0.1) is 11.1 Å². The first-order valence-electron chi connectivity index (χ1n) is 7.45. The largest absolute Gasteiger partial charge is 0.325 e. The zero-order valence-electron chi connectivity index (χ0n) is 13.4. The predicted octanol–water partition coefficient (Wildman–Crippen LogP) is 3.46. The molecule has 0 aliphatic heterocycles. The van der Waals surface area contributed by atoms with Crippen molar-refractivity contribution in [3.8, 4) is 6.07 Å². The Hall–Kier alpha value is -2.65. The Kier molecular flexibility index (Phi) is 6.10. The molecule has 1 unspecified atom stereocenters. The zero-order chi connectivity index (χ0) is 17.5. The molecule has 1 N–H and O–H groups in total. The topological polar surface area (TPSA) is 82.8 Å². The van der Waals surface area contributed by atoms with E-state index >= 15 is 0 Å². The quantitative estimate of drug-likeness (QED) is 0.495. The molecule has 1 aromatic heterocycles. The Morgan fingerprint density at radius 3 is 2.71 bits per heavy atom. The van der Waals surface area contributed by atoms with Crippen molar-refractivity contribution in [1.82, 2.24) is 4.98 Å². The number of carbonyl (C=O) groups excluding carboxylic acids is 2. The van der Waals surface area contributed by atoms with E-state index < -0.39 is 17.6 Å². The fourth-order valence-electron chi connectivity index (χ4n) is 2.10. The lowest BCUT2D eigenvalue weighted by Gasteiger charge is -2.10. The van der Waals surface area contributed by atoms with Gasteiger partial charge in [-0.05, 0) is 42.5 Å². The van der Waals surface area contributed by atoms with Crippen molar-refractivity contribution >= 4 is 29.1 Å². The third-order valence-electron chi connectivity index (χ3n) is 3.25. The van der Waals surface area contributed by atoms with E-state index in [4.69, 9.17) is 0 Å². The van der Waals surface area contributed by atoms with Crippen LogP contribution in [0, 0.1) is 24.2 Å². The van der Waals surface area contributed by atoms with Gasteiger partial charge in [0.25, 0.3) is 0 Å². The van der Waals surface area contributed by atoms with E-state index in [1.807, 2.05) is 19.9 Å². The second-order valence-corrected chi connectivity index (χ2v) is 6.39. The van der Waals surface area contributed by atoms with Crippen LogP contribution in [0.2, 0.25) is 0 Å². The molecular formula is C18H17N3O2S. The summed E-state index contributed by atoms with van der Waals surface area (Å²) in [6, 6.07) is 12.3. The van der Waals surface area contributed by atoms with Gasteiger partial charge in [-0.25, -0.2) is 4.98 Å². The van der Waals surface area contributed by atoms with E-state index in [1.165, 1.54) is 6.20 Å². The molecule has 0 aliphatic rings. The van der Waals surface area contributed by atoms with E-state index in [2.05, 4.69) is 10.3 Å². The van der Waals surface area contributed by atoms with Gasteiger partial charge in [0.15, 0.2) is 11.7 Å². The first-order chi connectivity index (χ1) is 11.5. The number of thioether (sulfide) groups is 1. The zero-order valence-corrected chi connectivity index (χ0v) is 14.3. The smallest absolute Gasteiger partial charge is 0.249 e. The molecular weight excluding hydrogens is 322 g/mol. The number of Topliss-reactive ketones (excluding diaryl/α,β-unsaturated/α-hetero) is 1. The van der Waals surface area contributed by atoms with Gasteiger partial charge < -0.3 is 5.32 Å². The number of aromatic nitrogens is 1. The second-order valence-electron chi connectivity index (χ2n) is 5.10. The number of hydrogen-bond acceptors (Lipinski definition) is 5. The summed E-state index contributed by atoms with van der Waals surface area (Å²) in [6.45, 7) is 3.90. The number of nitrogens with zero attached hydrogens (tertiary/aromatic N) is 2. The highest BCUT2D eigenvalue weighted by molar-refractivity contribution is 7.99. The van der Waals surface area contributed by atoms with Crippen LogP contribution in [0.15, 0.2) is 47.6 Å². The highest BCUT2D eigenvalue weighted by Gasteiger charge is 2.28. The second kappa shape index (κ2) is 8.27. The van der Waals surface area contributed by atoms with Crippen LogP contribution in [0.5, 0.6) is 0 Å². The molecule has 1 amide bonds. The van der Waals surface area contributed by atoms with Gasteiger partial charge >= 0.3 is 0 Å². The maximum Gasteiger partial charge on any atom is 0.249 e. The van der Waals surface area contributed by atoms with Gasteiger partial charge in [-0.1, -0.05) is 19.1 Å². The number of carbonyl (C=O) groups is 2. The molecule has 0 aliphatic carbocycles. The maximum atomic E-state index is 12.4. The Morgan fingerprint density at radius 2 is 2.12 bits per heavy atom. The van der Waals surface area contributed by atoms with Crippen LogP contribution in [0.3, 0.4) is 0 Å². The molecule has 0 saturated carbocycles. The van der Waals surface area contributed by atoms with E-state index in [9.17, 15) is 14.9 Å². The van der Waals surface area contributed by atoms with Crippen LogP contribution in [0.4, 0.5) is 5.69 Å². The molecule has 0 saturated heterocycles. The Bertz CT molecular complexity index is 782. The summed E-state index contributed by atoms with van der Waals surface area (Å²) in [7, 11) is 0. The Morgan fingerprint density at radius 1 is 1.33 bits per heavy atom. The molecule has 0 bridgehead atoms. The fourth-order valence-corrected chi connectivity index (χ4v) is 2.69. The standard InChI is InChI=1S/C18H17N3O2S/c1-3-24-16-8-7-13(11-20-16)17(22)15(10-19)18(23)21-14-6-4-5-12(2)9-14/h4-9,11,15H,3H2,1-2H3,(H,21,23). The number of rotatable bonds is 6. The lowest BCUT2D eigenvalue weighted by molar-refractivity contribution is -0.117. The molecule has 1 heterocycles. The number of amides is 1. The highest BCUT2D eigenvalue weighted by Crippen LogP contribution is 2.17. The summed E-state index contributed by atoms with van der Waals surface area (Å²) in [5.41, 5.74) is 1.78. The van der Waals surface area contributed by atoms with Crippen molar-refractivity contribution in [2.45, 2.75) is 18.9 Å². The van der Waals surface area contributed by atoms with Crippen molar-refractivity contribution in [3.05, 3.63) is 53.7 Å². The van der Waals surface area contributed by atoms with Crippen LogP contribution < -0.4 is 5.32 Å². The van der Waals surface area contributed by atoms with Gasteiger partial charge in [0, 0.05) is 17.4 Å². The Labute approximate surface area is 145 Å². The molecule has 24 heavy (non-hydrogen) atoms. The molecule has 1 aromatic carbocycles. The normalized spacial score (nSPS) is 11.4. The van der Waals surface area contributed by atoms with Gasteiger partial charge in [-0.2, -0.15) is 5.26 Å². The number of ketones is 1. The molecule has 0 radical (unpaired) electrons. The van der Waals surface area contributed by atoms with E-state index in [-0.39, 0.29) is 5.56 Å². The monoisotopic (exact) mass is 339 g/mol. The van der Waals surface area contributed by atoms with Gasteiger partial charge in [-0.3, -0.25) is 9.59 Å². The summed E-state index contributed by atoms with van der Waals surface area (Å²) in [5, 5.41) is 12.7. The number of pyridine rings is 1. The van der Waals surface area contributed by atoms with Crippen LogP contribution in [0.25, 0.3) is 0 Å². The molecule has 1 atom stereocenters. The van der Waals surface area contributed by atoms with Gasteiger partial charge in [-0.15, -0.1) is 11.8 Å². The van der Waals surface area contributed by atoms with Crippen molar-refractivity contribution in [1.29, 1.82) is 5.26 Å². The lowest BCUT2D eigenvalue weighted by atomic mass is 9.99. The number of nitriles is 1. The molecule has 2 aromatic rings. The van der Waals surface area contributed by atoms with Gasteiger partial charge in [0.2, 0.25) is 5.91 Å². The molecule has 0 spiro atoms. The first-order valence-corrected chi connectivity index (χ1v) is 8.44. The summed E-state index contributed by atoms with van der Waals surface area (Å²) >= 11 is 1.55. The summed E-state index contributed by atoms with van der Waals surface area (Å²) in [4.78, 5) is 28.8. The fraction of sp³-hybridized carbons (Fsp3) is 0.222. The predicted molar refractivity (Wildman–Crippen MR) is 93.9 cm³/mol. The molecule has 5 nitrogen and oxygen atoms in total. The Balaban J connectivity index is 2.13. The minimum atomic E-state index is -1.41. The average Bonchev–Trinajstić information content (AvgIpc) is 2.56. The minimum absolute atomic E-state index is 0.251. The average molecular weight is 339 g/mol. The van der Waals surface area contributed by atoms with Crippen molar-refractivity contribution in [3.63, 3.8) is 0 Å². The molecule has 6 heteroatoms. The van der Waals surface area contributed by atoms with Crippen molar-refractivity contribution in [2.75, 3.05) is 11.1 Å². The molecule has 2 rings (SSSR count). The van der Waals surface area contributed by atoms with Crippen LogP contribution in [-0.4, -0.2) is 22.4 Å². The van der Waals surface area contributed by atoms with Crippen LogP contribution >= 0.6 is 11.8 Å². The number of hydrogen-bond donors (Lipinski definition) is 1. The van der Waals surface area contributed by atoms with Crippen LogP contribution in [0.1, 0.15) is 22.8 Å². The number of benzene rings is 1. The first kappa shape index (κ1) is 17.7. The highest BCUT2D eigenvalue weighted by atomic mass is 32.2. The van der Waals surface area contributed by atoms with Crippen molar-refractivity contribution < 1.29 is 9.59 Å². The molecule has 0 fully saturated rings. The number of nitrogens with one attached hydrogen (secondary N) is 1.